The first-order valence-electron chi connectivity index (χ1n) is 2.32. The Balaban J connectivity index is 2.98. The number of rotatable bonds is 0. The molecular weight excluding hydrogens is 181 g/mol. The van der Waals surface area contributed by atoms with Gasteiger partial charge in [-0.15, -0.1) is 0 Å². The van der Waals surface area contributed by atoms with Gasteiger partial charge in [-0.25, -0.2) is 4.39 Å². The van der Waals surface area contributed by atoms with E-state index in [0.717, 1.165) is 0 Å². The Morgan fingerprint density at radius 2 is 1.00 bits per heavy atom. The lowest BCUT2D eigenvalue weighted by atomic mass is 9.82. The van der Waals surface area contributed by atoms with E-state index in [9.17, 15) is 30.7 Å². The van der Waals surface area contributed by atoms with Crippen molar-refractivity contribution in [3.63, 3.8) is 0 Å². The lowest BCUT2D eigenvalue weighted by molar-refractivity contribution is -0.391. The molecule has 0 aromatic heterocycles. The number of hydrogen-bond donors (Lipinski definition) is 0. The van der Waals surface area contributed by atoms with Crippen molar-refractivity contribution < 1.29 is 30.7 Å². The highest BCUT2D eigenvalue weighted by Gasteiger charge is 2.93. The topological polar surface area (TPSA) is 0 Å². The first-order valence-corrected chi connectivity index (χ1v) is 2.32. The fourth-order valence-corrected chi connectivity index (χ4v) is 0.608. The number of hydrogen-bond acceptors (Lipinski definition) is 0. The van der Waals surface area contributed by atoms with Crippen LogP contribution in [0.2, 0.25) is 0 Å². The summed E-state index contributed by atoms with van der Waals surface area (Å²) in [6.07, 6.45) is -3.27. The van der Waals surface area contributed by atoms with Crippen molar-refractivity contribution in [1.29, 1.82) is 0 Å². The molecule has 7 heteroatoms. The van der Waals surface area contributed by atoms with Crippen LogP contribution in [0, 0.1) is 6.17 Å². The average Bonchev–Trinajstić information content (AvgIpc) is 1.84. The van der Waals surface area contributed by atoms with Gasteiger partial charge in [0.25, 0.3) is 6.17 Å². The molecule has 1 saturated carbocycles. The summed E-state index contributed by atoms with van der Waals surface area (Å²) in [5.41, 5.74) is 0. The minimum Gasteiger partial charge on any atom is -0.226 e. The van der Waals surface area contributed by atoms with Crippen molar-refractivity contribution >= 4 is 0 Å². The molecule has 1 aliphatic carbocycles. The first-order chi connectivity index (χ1) is 4.65. The van der Waals surface area contributed by atoms with Crippen LogP contribution in [0.4, 0.5) is 30.7 Å². The Hall–Kier alpha value is -0.490. The lowest BCUT2D eigenvalue weighted by Crippen LogP contribution is -2.71. The Morgan fingerprint density at radius 3 is 1.09 bits per heavy atom. The molecule has 0 amide bonds. The molecule has 0 heterocycles. The largest absolute Gasteiger partial charge is 0.379 e. The standard InChI is InChI=1S/C4F7/c5-1-2(6,7)4(10,11)3(1,8)9. The van der Waals surface area contributed by atoms with Gasteiger partial charge in [0.1, 0.15) is 0 Å². The van der Waals surface area contributed by atoms with Gasteiger partial charge < -0.3 is 0 Å². The molecule has 1 fully saturated rings. The molecular formula is C4F7. The average molecular weight is 181 g/mol. The van der Waals surface area contributed by atoms with Crippen LogP contribution in [0.3, 0.4) is 0 Å². The van der Waals surface area contributed by atoms with Gasteiger partial charge in [-0.3, -0.25) is 0 Å². The van der Waals surface area contributed by atoms with Crippen LogP contribution >= 0.6 is 0 Å². The molecule has 0 saturated heterocycles. The molecule has 0 aromatic rings. The Morgan fingerprint density at radius 1 is 0.727 bits per heavy atom. The van der Waals surface area contributed by atoms with E-state index in [1.165, 1.54) is 0 Å². The minimum absolute atomic E-state index is 3.27. The van der Waals surface area contributed by atoms with E-state index in [0.29, 0.717) is 0 Å². The summed E-state index contributed by atoms with van der Waals surface area (Å²) in [6.45, 7) is 0. The summed E-state index contributed by atoms with van der Waals surface area (Å²) >= 11 is 0. The van der Waals surface area contributed by atoms with E-state index < -0.39 is 23.9 Å². The van der Waals surface area contributed by atoms with Crippen molar-refractivity contribution in [2.45, 2.75) is 17.8 Å². The van der Waals surface area contributed by atoms with Gasteiger partial charge in [0.2, 0.25) is 0 Å². The highest BCUT2D eigenvalue weighted by molar-refractivity contribution is 5.29. The predicted molar refractivity (Wildman–Crippen MR) is 19.2 cm³/mol. The zero-order valence-corrected chi connectivity index (χ0v) is 4.65. The second-order valence-electron chi connectivity index (χ2n) is 2.04. The fraction of sp³-hybridized carbons (Fsp3) is 0.750. The van der Waals surface area contributed by atoms with Crippen molar-refractivity contribution in [2.24, 2.45) is 0 Å². The summed E-state index contributed by atoms with van der Waals surface area (Å²) in [6, 6.07) is 0. The van der Waals surface area contributed by atoms with E-state index in [4.69, 9.17) is 0 Å². The second-order valence-corrected chi connectivity index (χ2v) is 2.04. The third kappa shape index (κ3) is 0.616. The normalized spacial score (nSPS) is 33.0. The summed E-state index contributed by atoms with van der Waals surface area (Å²) in [7, 11) is 0. The van der Waals surface area contributed by atoms with Crippen LogP contribution in [-0.2, 0) is 0 Å². The van der Waals surface area contributed by atoms with Gasteiger partial charge in [-0.05, 0) is 0 Å². The van der Waals surface area contributed by atoms with Crippen molar-refractivity contribution in [1.82, 2.24) is 0 Å². The van der Waals surface area contributed by atoms with E-state index in [-0.39, 0.29) is 0 Å². The quantitative estimate of drug-likeness (QED) is 0.503. The van der Waals surface area contributed by atoms with Crippen molar-refractivity contribution in [3.8, 4) is 0 Å². The molecule has 1 aliphatic rings. The van der Waals surface area contributed by atoms with Gasteiger partial charge in [0.15, 0.2) is 0 Å². The summed E-state index contributed by atoms with van der Waals surface area (Å²) in [5, 5.41) is 0. The van der Waals surface area contributed by atoms with Crippen LogP contribution in [0.1, 0.15) is 0 Å². The fourth-order valence-electron chi connectivity index (χ4n) is 0.608. The maximum atomic E-state index is 11.6. The summed E-state index contributed by atoms with van der Waals surface area (Å²) in [4.78, 5) is 0. The Bertz CT molecular complexity index is 165. The van der Waals surface area contributed by atoms with Gasteiger partial charge in [0, 0.05) is 0 Å². The highest BCUT2D eigenvalue weighted by atomic mass is 19.4. The Labute approximate surface area is 56.0 Å². The zero-order chi connectivity index (χ0) is 9.08. The maximum absolute atomic E-state index is 11.6. The molecule has 0 spiro atoms. The second kappa shape index (κ2) is 1.64. The van der Waals surface area contributed by atoms with Crippen molar-refractivity contribution in [3.05, 3.63) is 6.17 Å². The molecule has 1 rings (SSSR count). The monoisotopic (exact) mass is 181 g/mol. The van der Waals surface area contributed by atoms with Crippen LogP contribution in [0.5, 0.6) is 0 Å². The number of alkyl halides is 6. The molecule has 11 heavy (non-hydrogen) atoms. The smallest absolute Gasteiger partial charge is 0.226 e. The van der Waals surface area contributed by atoms with Gasteiger partial charge in [0.05, 0.1) is 0 Å². The van der Waals surface area contributed by atoms with E-state index in [1.807, 2.05) is 0 Å². The predicted octanol–water partition coefficient (Wildman–Crippen LogP) is 2.41. The van der Waals surface area contributed by atoms with Gasteiger partial charge in [-0.2, -0.15) is 26.3 Å². The molecule has 65 valence electrons. The van der Waals surface area contributed by atoms with Crippen LogP contribution in [-0.4, -0.2) is 17.8 Å². The van der Waals surface area contributed by atoms with E-state index >= 15 is 0 Å². The van der Waals surface area contributed by atoms with E-state index in [1.54, 1.807) is 0 Å². The number of halogens is 7. The Kier molecular flexibility index (Phi) is 1.28. The highest BCUT2D eigenvalue weighted by Crippen LogP contribution is 2.66. The molecule has 1 radical (unpaired) electrons. The van der Waals surface area contributed by atoms with Crippen LogP contribution in [0.25, 0.3) is 0 Å². The molecule has 0 aliphatic heterocycles. The van der Waals surface area contributed by atoms with Crippen LogP contribution < -0.4 is 0 Å². The maximum Gasteiger partial charge on any atom is 0.379 e. The molecule has 0 unspecified atom stereocenters. The molecule has 0 N–H and O–H groups in total. The van der Waals surface area contributed by atoms with Crippen LogP contribution in [0.15, 0.2) is 0 Å². The SMILES string of the molecule is F[C]1C(F)(F)C(F)(F)C1(F)F. The van der Waals surface area contributed by atoms with Crippen molar-refractivity contribution in [2.75, 3.05) is 0 Å². The van der Waals surface area contributed by atoms with Gasteiger partial charge in [-0.1, -0.05) is 0 Å². The minimum atomic E-state index is -5.59. The van der Waals surface area contributed by atoms with Gasteiger partial charge >= 0.3 is 17.8 Å². The third-order valence-electron chi connectivity index (χ3n) is 1.34. The molecule has 0 aromatic carbocycles. The third-order valence-corrected chi connectivity index (χ3v) is 1.34. The lowest BCUT2D eigenvalue weighted by Gasteiger charge is -2.44. The van der Waals surface area contributed by atoms with E-state index in [2.05, 4.69) is 0 Å². The molecule has 0 atom stereocenters. The molecule has 0 nitrogen and oxygen atoms in total. The summed E-state index contributed by atoms with van der Waals surface area (Å²) < 4.78 is 80.9. The first kappa shape index (κ1) is 8.61. The molecule has 0 bridgehead atoms. The summed E-state index contributed by atoms with van der Waals surface area (Å²) in [5.74, 6) is -16.2. The zero-order valence-electron chi connectivity index (χ0n) is 4.65.